The summed E-state index contributed by atoms with van der Waals surface area (Å²) in [6.45, 7) is 6.31. The Balaban J connectivity index is 2.89. The normalized spacial score (nSPS) is 11.6. The minimum absolute atomic E-state index is 0.0662. The van der Waals surface area contributed by atoms with Gasteiger partial charge in [-0.3, -0.25) is 0 Å². The molecule has 11 heavy (non-hydrogen) atoms. The number of hydrogen-bond donors (Lipinski definition) is 0. The molecule has 0 bridgehead atoms. The summed E-state index contributed by atoms with van der Waals surface area (Å²) >= 11 is 0. The first-order valence-corrected chi connectivity index (χ1v) is 3.68. The Morgan fingerprint density at radius 2 is 1.91 bits per heavy atom. The van der Waals surface area contributed by atoms with Gasteiger partial charge in [0.05, 0.1) is 7.11 Å². The fourth-order valence-electron chi connectivity index (χ4n) is 0.833. The molecule has 0 saturated heterocycles. The zero-order chi connectivity index (χ0) is 8.48. The van der Waals surface area contributed by atoms with Crippen LogP contribution in [0.25, 0.3) is 0 Å². The number of methoxy groups -OCH3 is 1. The van der Waals surface area contributed by atoms with E-state index in [4.69, 9.17) is 9.15 Å². The van der Waals surface area contributed by atoms with Crippen LogP contribution in [0.1, 0.15) is 26.5 Å². The molecule has 0 saturated carbocycles. The van der Waals surface area contributed by atoms with Crippen LogP contribution in [-0.2, 0) is 5.41 Å². The van der Waals surface area contributed by atoms with Gasteiger partial charge in [0.15, 0.2) is 0 Å². The van der Waals surface area contributed by atoms with Crippen molar-refractivity contribution in [3.8, 4) is 5.95 Å². The molecule has 0 aliphatic rings. The van der Waals surface area contributed by atoms with Gasteiger partial charge in [-0.2, -0.15) is 0 Å². The average Bonchev–Trinajstić information content (AvgIpc) is 2.32. The number of hydrogen-bond acceptors (Lipinski definition) is 2. The predicted octanol–water partition coefficient (Wildman–Crippen LogP) is 2.59. The molecule has 2 heteroatoms. The lowest BCUT2D eigenvalue weighted by atomic mass is 9.94. The molecule has 1 aromatic heterocycles. The Bertz CT molecular complexity index is 230. The van der Waals surface area contributed by atoms with Crippen molar-refractivity contribution in [2.75, 3.05) is 7.11 Å². The summed E-state index contributed by atoms with van der Waals surface area (Å²) in [7, 11) is 1.60. The molecule has 0 aliphatic carbocycles. The Morgan fingerprint density at radius 3 is 2.18 bits per heavy atom. The van der Waals surface area contributed by atoms with Crippen LogP contribution in [0.5, 0.6) is 5.95 Å². The molecule has 0 N–H and O–H groups in total. The first kappa shape index (κ1) is 8.18. The Kier molecular flexibility index (Phi) is 1.94. The highest BCUT2D eigenvalue weighted by Gasteiger charge is 2.17. The largest absolute Gasteiger partial charge is 0.468 e. The van der Waals surface area contributed by atoms with E-state index in [1.807, 2.05) is 12.1 Å². The molecule has 0 atom stereocenters. The van der Waals surface area contributed by atoms with E-state index >= 15 is 0 Å². The van der Waals surface area contributed by atoms with Crippen LogP contribution in [0.15, 0.2) is 16.5 Å². The van der Waals surface area contributed by atoms with Gasteiger partial charge in [0.1, 0.15) is 5.76 Å². The van der Waals surface area contributed by atoms with E-state index in [9.17, 15) is 0 Å². The zero-order valence-electron chi connectivity index (χ0n) is 7.47. The summed E-state index contributed by atoms with van der Waals surface area (Å²) in [4.78, 5) is 0. The van der Waals surface area contributed by atoms with Crippen LogP contribution in [0, 0.1) is 0 Å². The van der Waals surface area contributed by atoms with Crippen LogP contribution in [0.3, 0.4) is 0 Å². The molecule has 0 unspecified atom stereocenters. The maximum atomic E-state index is 5.38. The summed E-state index contributed by atoms with van der Waals surface area (Å²) in [5.74, 6) is 1.53. The number of furan rings is 1. The predicted molar refractivity (Wildman–Crippen MR) is 44.0 cm³/mol. The smallest absolute Gasteiger partial charge is 0.284 e. The van der Waals surface area contributed by atoms with E-state index < -0.39 is 0 Å². The van der Waals surface area contributed by atoms with E-state index in [2.05, 4.69) is 20.8 Å². The molecular formula is C9H14O2. The van der Waals surface area contributed by atoms with Crippen molar-refractivity contribution in [2.45, 2.75) is 26.2 Å². The van der Waals surface area contributed by atoms with Gasteiger partial charge < -0.3 is 9.15 Å². The maximum Gasteiger partial charge on any atom is 0.284 e. The fourth-order valence-corrected chi connectivity index (χ4v) is 0.833. The quantitative estimate of drug-likeness (QED) is 0.620. The third-order valence-electron chi connectivity index (χ3n) is 1.52. The van der Waals surface area contributed by atoms with Crippen LogP contribution < -0.4 is 4.74 Å². The van der Waals surface area contributed by atoms with Crippen LogP contribution in [-0.4, -0.2) is 7.11 Å². The van der Waals surface area contributed by atoms with Crippen molar-refractivity contribution in [1.82, 2.24) is 0 Å². The molecule has 2 nitrogen and oxygen atoms in total. The van der Waals surface area contributed by atoms with Crippen molar-refractivity contribution in [2.24, 2.45) is 0 Å². The summed E-state index contributed by atoms with van der Waals surface area (Å²) < 4.78 is 10.3. The molecule has 1 heterocycles. The fraction of sp³-hybridized carbons (Fsp3) is 0.556. The van der Waals surface area contributed by atoms with Crippen molar-refractivity contribution >= 4 is 0 Å². The minimum Gasteiger partial charge on any atom is -0.468 e. The molecule has 0 spiro atoms. The number of ether oxygens (including phenoxy) is 1. The topological polar surface area (TPSA) is 22.4 Å². The highest BCUT2D eigenvalue weighted by Crippen LogP contribution is 2.27. The Morgan fingerprint density at radius 1 is 1.27 bits per heavy atom. The molecule has 0 radical (unpaired) electrons. The first-order chi connectivity index (χ1) is 5.04. The maximum absolute atomic E-state index is 5.38. The SMILES string of the molecule is COc1ccc(C(C)(C)C)o1. The number of rotatable bonds is 1. The third-order valence-corrected chi connectivity index (χ3v) is 1.52. The van der Waals surface area contributed by atoms with Crippen molar-refractivity contribution in [3.05, 3.63) is 17.9 Å². The first-order valence-electron chi connectivity index (χ1n) is 3.68. The van der Waals surface area contributed by atoms with E-state index in [0.29, 0.717) is 5.95 Å². The van der Waals surface area contributed by atoms with Gasteiger partial charge in [-0.15, -0.1) is 0 Å². The third kappa shape index (κ3) is 1.76. The van der Waals surface area contributed by atoms with Crippen LogP contribution in [0.2, 0.25) is 0 Å². The highest BCUT2D eigenvalue weighted by molar-refractivity contribution is 5.17. The van der Waals surface area contributed by atoms with E-state index in [0.717, 1.165) is 5.76 Å². The molecule has 0 fully saturated rings. The molecule has 62 valence electrons. The summed E-state index contributed by atoms with van der Waals surface area (Å²) in [6, 6.07) is 3.78. The molecule has 0 amide bonds. The zero-order valence-corrected chi connectivity index (χ0v) is 7.47. The summed E-state index contributed by atoms with van der Waals surface area (Å²) in [5.41, 5.74) is 0.0662. The monoisotopic (exact) mass is 154 g/mol. The van der Waals surface area contributed by atoms with E-state index in [-0.39, 0.29) is 5.41 Å². The Labute approximate surface area is 67.2 Å². The molecule has 0 aromatic carbocycles. The van der Waals surface area contributed by atoms with Gasteiger partial charge in [0.2, 0.25) is 0 Å². The second-order valence-electron chi connectivity index (χ2n) is 3.57. The van der Waals surface area contributed by atoms with Gasteiger partial charge >= 0.3 is 0 Å². The summed E-state index contributed by atoms with van der Waals surface area (Å²) in [5, 5.41) is 0. The van der Waals surface area contributed by atoms with Crippen molar-refractivity contribution < 1.29 is 9.15 Å². The lowest BCUT2D eigenvalue weighted by Crippen LogP contribution is -2.08. The second kappa shape index (κ2) is 2.61. The van der Waals surface area contributed by atoms with Crippen LogP contribution in [0.4, 0.5) is 0 Å². The second-order valence-corrected chi connectivity index (χ2v) is 3.57. The van der Waals surface area contributed by atoms with Gasteiger partial charge in [-0.05, 0) is 6.07 Å². The highest BCUT2D eigenvalue weighted by atomic mass is 16.6. The van der Waals surface area contributed by atoms with Gasteiger partial charge in [0.25, 0.3) is 5.95 Å². The van der Waals surface area contributed by atoms with Gasteiger partial charge in [-0.25, -0.2) is 0 Å². The van der Waals surface area contributed by atoms with Gasteiger partial charge in [-0.1, -0.05) is 20.8 Å². The van der Waals surface area contributed by atoms with Gasteiger partial charge in [0, 0.05) is 11.5 Å². The molecule has 1 aromatic rings. The lowest BCUT2D eigenvalue weighted by Gasteiger charge is -2.13. The molecule has 1 rings (SSSR count). The Hall–Kier alpha value is -0.920. The molecular weight excluding hydrogens is 140 g/mol. The lowest BCUT2D eigenvalue weighted by molar-refractivity contribution is 0.277. The van der Waals surface area contributed by atoms with Crippen LogP contribution >= 0.6 is 0 Å². The standard InChI is InChI=1S/C9H14O2/c1-9(2,3)7-5-6-8(10-4)11-7/h5-6H,1-4H3. The average molecular weight is 154 g/mol. The van der Waals surface area contributed by atoms with E-state index in [1.54, 1.807) is 7.11 Å². The molecule has 0 aliphatic heterocycles. The summed E-state index contributed by atoms with van der Waals surface area (Å²) in [6.07, 6.45) is 0. The van der Waals surface area contributed by atoms with Crippen molar-refractivity contribution in [3.63, 3.8) is 0 Å². The van der Waals surface area contributed by atoms with Crippen molar-refractivity contribution in [1.29, 1.82) is 0 Å². The minimum atomic E-state index is 0.0662. The van der Waals surface area contributed by atoms with E-state index in [1.165, 1.54) is 0 Å².